The molecule has 108 valence electrons. The minimum Gasteiger partial charge on any atom is -0.493 e. The van der Waals surface area contributed by atoms with Gasteiger partial charge in [-0.1, -0.05) is 11.2 Å². The monoisotopic (exact) mass is 277 g/mol. The number of rotatable bonds is 6. The van der Waals surface area contributed by atoms with E-state index in [-0.39, 0.29) is 6.04 Å². The highest BCUT2D eigenvalue weighted by atomic mass is 16.5. The number of aromatic nitrogens is 2. The summed E-state index contributed by atoms with van der Waals surface area (Å²) < 4.78 is 15.9. The van der Waals surface area contributed by atoms with Gasteiger partial charge in [-0.05, 0) is 26.1 Å². The van der Waals surface area contributed by atoms with Crippen LogP contribution in [-0.4, -0.2) is 37.4 Å². The summed E-state index contributed by atoms with van der Waals surface area (Å²) in [5, 5.41) is 7.13. The van der Waals surface area contributed by atoms with E-state index in [2.05, 4.69) is 22.4 Å². The van der Waals surface area contributed by atoms with Crippen LogP contribution in [0, 0.1) is 0 Å². The summed E-state index contributed by atoms with van der Waals surface area (Å²) in [7, 11) is 5.08. The predicted octanol–water partition coefficient (Wildman–Crippen LogP) is 1.90. The second-order valence-corrected chi connectivity index (χ2v) is 4.45. The van der Waals surface area contributed by atoms with Crippen molar-refractivity contribution >= 4 is 0 Å². The van der Waals surface area contributed by atoms with Crippen molar-refractivity contribution in [2.45, 2.75) is 19.4 Å². The minimum absolute atomic E-state index is 0.285. The lowest BCUT2D eigenvalue weighted by atomic mass is 10.2. The molecule has 0 aliphatic carbocycles. The average Bonchev–Trinajstić information content (AvgIpc) is 2.94. The molecular weight excluding hydrogens is 258 g/mol. The summed E-state index contributed by atoms with van der Waals surface area (Å²) >= 11 is 0. The topological polar surface area (TPSA) is 69.4 Å². The van der Waals surface area contributed by atoms with Crippen LogP contribution in [0.25, 0.3) is 11.5 Å². The van der Waals surface area contributed by atoms with Gasteiger partial charge in [0, 0.05) is 12.5 Å². The molecule has 0 saturated heterocycles. The lowest BCUT2D eigenvalue weighted by molar-refractivity contribution is 0.353. The zero-order valence-electron chi connectivity index (χ0n) is 12.1. The van der Waals surface area contributed by atoms with E-state index in [0.29, 0.717) is 29.6 Å². The van der Waals surface area contributed by atoms with Gasteiger partial charge in [0.2, 0.25) is 0 Å². The van der Waals surface area contributed by atoms with Crippen LogP contribution in [0.2, 0.25) is 0 Å². The molecule has 0 aliphatic heterocycles. The number of ether oxygens (including phenoxy) is 2. The zero-order valence-corrected chi connectivity index (χ0v) is 12.1. The van der Waals surface area contributed by atoms with Crippen molar-refractivity contribution in [3.63, 3.8) is 0 Å². The van der Waals surface area contributed by atoms with Gasteiger partial charge in [0.1, 0.15) is 0 Å². The Morgan fingerprint density at radius 2 is 2.10 bits per heavy atom. The Morgan fingerprint density at radius 1 is 1.30 bits per heavy atom. The fourth-order valence-corrected chi connectivity index (χ4v) is 1.88. The largest absolute Gasteiger partial charge is 0.493 e. The average molecular weight is 277 g/mol. The summed E-state index contributed by atoms with van der Waals surface area (Å²) in [4.78, 5) is 4.40. The highest BCUT2D eigenvalue weighted by molar-refractivity contribution is 5.67. The quantitative estimate of drug-likeness (QED) is 0.869. The molecule has 1 N–H and O–H groups in total. The molecular formula is C14H19N3O3. The van der Waals surface area contributed by atoms with Crippen LogP contribution in [-0.2, 0) is 6.42 Å². The summed E-state index contributed by atoms with van der Waals surface area (Å²) in [5.41, 5.74) is 0.725. The summed E-state index contributed by atoms with van der Waals surface area (Å²) in [5.74, 6) is 2.31. The van der Waals surface area contributed by atoms with E-state index >= 15 is 0 Å². The third-order valence-corrected chi connectivity index (χ3v) is 3.08. The number of nitrogens with one attached hydrogen (secondary N) is 1. The van der Waals surface area contributed by atoms with Gasteiger partial charge >= 0.3 is 0 Å². The van der Waals surface area contributed by atoms with Gasteiger partial charge < -0.3 is 19.3 Å². The highest BCUT2D eigenvalue weighted by Gasteiger charge is 2.17. The van der Waals surface area contributed by atoms with Gasteiger partial charge in [0.15, 0.2) is 17.3 Å². The second-order valence-electron chi connectivity index (χ2n) is 4.45. The molecule has 0 bridgehead atoms. The van der Waals surface area contributed by atoms with Gasteiger partial charge in [-0.3, -0.25) is 0 Å². The molecule has 20 heavy (non-hydrogen) atoms. The normalized spacial score (nSPS) is 12.2. The number of likely N-dealkylation sites (N-methyl/N-ethyl adjacent to an activating group) is 1. The molecule has 0 fully saturated rings. The number of para-hydroxylation sites is 1. The van der Waals surface area contributed by atoms with Gasteiger partial charge in [-0.15, -0.1) is 0 Å². The van der Waals surface area contributed by atoms with Gasteiger partial charge in [-0.2, -0.15) is 4.98 Å². The van der Waals surface area contributed by atoms with Crippen molar-refractivity contribution in [3.05, 3.63) is 24.0 Å². The van der Waals surface area contributed by atoms with E-state index in [1.54, 1.807) is 14.2 Å². The molecule has 0 aliphatic rings. The predicted molar refractivity (Wildman–Crippen MR) is 75.1 cm³/mol. The number of benzene rings is 1. The number of hydrogen-bond acceptors (Lipinski definition) is 6. The molecule has 6 heteroatoms. The fourth-order valence-electron chi connectivity index (χ4n) is 1.88. The Hall–Kier alpha value is -2.08. The first-order valence-corrected chi connectivity index (χ1v) is 6.40. The van der Waals surface area contributed by atoms with Crippen LogP contribution >= 0.6 is 0 Å². The highest BCUT2D eigenvalue weighted by Crippen LogP contribution is 2.36. The van der Waals surface area contributed by atoms with Crippen molar-refractivity contribution in [2.75, 3.05) is 21.3 Å². The maximum absolute atomic E-state index is 5.37. The molecule has 6 nitrogen and oxygen atoms in total. The second kappa shape index (κ2) is 6.38. The van der Waals surface area contributed by atoms with Crippen molar-refractivity contribution in [1.82, 2.24) is 15.5 Å². The van der Waals surface area contributed by atoms with E-state index in [0.717, 1.165) is 5.56 Å². The zero-order chi connectivity index (χ0) is 14.5. The third kappa shape index (κ3) is 2.91. The van der Waals surface area contributed by atoms with Crippen molar-refractivity contribution in [3.8, 4) is 23.0 Å². The van der Waals surface area contributed by atoms with Gasteiger partial charge in [-0.25, -0.2) is 0 Å². The van der Waals surface area contributed by atoms with E-state index < -0.39 is 0 Å². The SMILES string of the molecule is CNC(C)Cc1noc(-c2cccc(OC)c2OC)n1. The molecule has 0 amide bonds. The summed E-state index contributed by atoms with van der Waals surface area (Å²) in [6, 6.07) is 5.83. The number of nitrogens with zero attached hydrogens (tertiary/aromatic N) is 2. The lowest BCUT2D eigenvalue weighted by Crippen LogP contribution is -2.24. The number of hydrogen-bond donors (Lipinski definition) is 1. The maximum Gasteiger partial charge on any atom is 0.261 e. The number of methoxy groups -OCH3 is 2. The van der Waals surface area contributed by atoms with Crippen LogP contribution in [0.15, 0.2) is 22.7 Å². The van der Waals surface area contributed by atoms with Crippen molar-refractivity contribution < 1.29 is 14.0 Å². The Morgan fingerprint density at radius 3 is 2.75 bits per heavy atom. The summed E-state index contributed by atoms with van der Waals surface area (Å²) in [6.45, 7) is 2.06. The lowest BCUT2D eigenvalue weighted by Gasteiger charge is -2.09. The molecule has 2 aromatic rings. The van der Waals surface area contributed by atoms with E-state index in [1.165, 1.54) is 0 Å². The van der Waals surface area contributed by atoms with Gasteiger partial charge in [0.25, 0.3) is 5.89 Å². The smallest absolute Gasteiger partial charge is 0.261 e. The molecule has 0 spiro atoms. The first kappa shape index (κ1) is 14.3. The Kier molecular flexibility index (Phi) is 4.57. The minimum atomic E-state index is 0.285. The van der Waals surface area contributed by atoms with Crippen molar-refractivity contribution in [1.29, 1.82) is 0 Å². The van der Waals surface area contributed by atoms with Crippen LogP contribution < -0.4 is 14.8 Å². The standard InChI is InChI=1S/C14H19N3O3/c1-9(15-2)8-12-16-14(20-17-12)10-6-5-7-11(18-3)13(10)19-4/h5-7,9,15H,8H2,1-4H3. The fraction of sp³-hybridized carbons (Fsp3) is 0.429. The Balaban J connectivity index is 2.32. The molecule has 2 rings (SSSR count). The molecule has 0 radical (unpaired) electrons. The molecule has 1 unspecified atom stereocenters. The molecule has 1 heterocycles. The molecule has 1 atom stereocenters. The first-order chi connectivity index (χ1) is 9.69. The first-order valence-electron chi connectivity index (χ1n) is 6.40. The van der Waals surface area contributed by atoms with E-state index in [9.17, 15) is 0 Å². The Bertz CT molecular complexity index is 569. The van der Waals surface area contributed by atoms with Crippen LogP contribution in [0.4, 0.5) is 0 Å². The Labute approximate surface area is 118 Å². The van der Waals surface area contributed by atoms with Crippen LogP contribution in [0.1, 0.15) is 12.7 Å². The van der Waals surface area contributed by atoms with E-state index in [4.69, 9.17) is 14.0 Å². The maximum atomic E-state index is 5.37. The van der Waals surface area contributed by atoms with Gasteiger partial charge in [0.05, 0.1) is 19.8 Å². The summed E-state index contributed by atoms with van der Waals surface area (Å²) in [6.07, 6.45) is 0.701. The molecule has 1 aromatic carbocycles. The van der Waals surface area contributed by atoms with Crippen LogP contribution in [0.3, 0.4) is 0 Å². The van der Waals surface area contributed by atoms with Crippen molar-refractivity contribution in [2.24, 2.45) is 0 Å². The molecule has 1 aromatic heterocycles. The van der Waals surface area contributed by atoms with Crippen LogP contribution in [0.5, 0.6) is 11.5 Å². The third-order valence-electron chi connectivity index (χ3n) is 3.08. The molecule has 0 saturated carbocycles. The van der Waals surface area contributed by atoms with E-state index in [1.807, 2.05) is 25.2 Å².